The summed E-state index contributed by atoms with van der Waals surface area (Å²) in [6.07, 6.45) is 0. The Balaban J connectivity index is 1.85. The predicted octanol–water partition coefficient (Wildman–Crippen LogP) is 4.49. The van der Waals surface area contributed by atoms with Gasteiger partial charge in [0.05, 0.1) is 10.7 Å². The maximum Gasteiger partial charge on any atom is 0.316 e. The number of hydrogen-bond donors (Lipinski definition) is 0. The van der Waals surface area contributed by atoms with Crippen molar-refractivity contribution < 1.29 is 19.2 Å². The summed E-state index contributed by atoms with van der Waals surface area (Å²) in [4.78, 5) is 34.9. The van der Waals surface area contributed by atoms with Crippen molar-refractivity contribution in [1.29, 1.82) is 0 Å². The molecule has 0 unspecified atom stereocenters. The van der Waals surface area contributed by atoms with Gasteiger partial charge in [-0.2, -0.15) is 0 Å². The van der Waals surface area contributed by atoms with Crippen LogP contribution in [-0.4, -0.2) is 29.0 Å². The summed E-state index contributed by atoms with van der Waals surface area (Å²) in [7, 11) is 0. The third-order valence-corrected chi connectivity index (χ3v) is 5.55. The third kappa shape index (κ3) is 5.40. The number of nitrogens with zero attached hydrogens (tertiary/aromatic N) is 1. The first kappa shape index (κ1) is 20.1. The molecule has 0 aliphatic heterocycles. The molecule has 2 aromatic carbocycles. The Morgan fingerprint density at radius 2 is 1.81 bits per heavy atom. The number of Topliss-reactive ketones (excluding diaryl/α,β-unsaturated/α-hetero) is 1. The highest BCUT2D eigenvalue weighted by Crippen LogP contribution is 2.28. The highest BCUT2D eigenvalue weighted by atomic mass is 79.9. The number of carbonyl (C=O) groups excluding carboxylic acids is 2. The molecular weight excluding hydrogens is 422 g/mol. The Hall–Kier alpha value is -2.19. The van der Waals surface area contributed by atoms with Gasteiger partial charge in [0.25, 0.3) is 5.69 Å². The molecule has 0 heterocycles. The number of ketones is 1. The van der Waals surface area contributed by atoms with Crippen molar-refractivity contribution in [2.45, 2.75) is 18.7 Å². The maximum atomic E-state index is 12.0. The summed E-state index contributed by atoms with van der Waals surface area (Å²) < 4.78 is 6.01. The molecule has 0 saturated heterocycles. The second-order valence-electron chi connectivity index (χ2n) is 5.54. The van der Waals surface area contributed by atoms with E-state index in [4.69, 9.17) is 4.74 Å². The lowest BCUT2D eigenvalue weighted by Crippen LogP contribution is -2.15. The Bertz CT molecular complexity index is 851. The number of non-ortho nitro benzene ring substituents is 1. The lowest BCUT2D eigenvalue weighted by molar-refractivity contribution is -0.384. The van der Waals surface area contributed by atoms with Crippen molar-refractivity contribution in [3.63, 3.8) is 0 Å². The number of ether oxygens (including phenoxy) is 1. The molecule has 136 valence electrons. The normalized spacial score (nSPS) is 10.4. The van der Waals surface area contributed by atoms with Crippen LogP contribution in [0.25, 0.3) is 0 Å². The number of benzene rings is 2. The summed E-state index contributed by atoms with van der Waals surface area (Å²) >= 11 is 4.81. The van der Waals surface area contributed by atoms with Crippen molar-refractivity contribution >= 4 is 45.1 Å². The molecule has 0 saturated carbocycles. The van der Waals surface area contributed by atoms with Gasteiger partial charge >= 0.3 is 5.97 Å². The fourth-order valence-corrected chi connectivity index (χ4v) is 3.45. The number of nitro groups is 1. The summed E-state index contributed by atoms with van der Waals surface area (Å²) in [5.41, 5.74) is 2.27. The van der Waals surface area contributed by atoms with Crippen LogP contribution in [0.3, 0.4) is 0 Å². The Morgan fingerprint density at radius 1 is 1.15 bits per heavy atom. The van der Waals surface area contributed by atoms with E-state index in [1.807, 2.05) is 26.0 Å². The molecule has 0 atom stereocenters. The molecule has 0 spiro atoms. The number of rotatable bonds is 7. The van der Waals surface area contributed by atoms with E-state index in [2.05, 4.69) is 15.9 Å². The van der Waals surface area contributed by atoms with E-state index in [-0.39, 0.29) is 17.0 Å². The number of aryl methyl sites for hydroxylation is 2. The van der Waals surface area contributed by atoms with Gasteiger partial charge in [-0.05, 0) is 49.2 Å². The van der Waals surface area contributed by atoms with Crippen LogP contribution >= 0.6 is 27.7 Å². The molecule has 26 heavy (non-hydrogen) atoms. The Labute approximate surface area is 163 Å². The molecule has 0 N–H and O–H groups in total. The quantitative estimate of drug-likeness (QED) is 0.208. The van der Waals surface area contributed by atoms with Gasteiger partial charge in [0.1, 0.15) is 0 Å². The minimum atomic E-state index is -0.544. The molecule has 8 heteroatoms. The number of hydrogen-bond acceptors (Lipinski definition) is 6. The van der Waals surface area contributed by atoms with Crippen molar-refractivity contribution in [1.82, 2.24) is 0 Å². The predicted molar refractivity (Wildman–Crippen MR) is 103 cm³/mol. The van der Waals surface area contributed by atoms with Gasteiger partial charge in [0.15, 0.2) is 12.4 Å². The van der Waals surface area contributed by atoms with Gasteiger partial charge in [-0.25, -0.2) is 0 Å². The summed E-state index contributed by atoms with van der Waals surface area (Å²) in [5, 5.41) is 10.6. The third-order valence-electron chi connectivity index (χ3n) is 3.57. The van der Waals surface area contributed by atoms with E-state index in [0.29, 0.717) is 0 Å². The molecule has 0 aliphatic rings. The van der Waals surface area contributed by atoms with Gasteiger partial charge in [0.2, 0.25) is 0 Å². The molecule has 0 aliphatic carbocycles. The van der Waals surface area contributed by atoms with E-state index in [1.54, 1.807) is 0 Å². The smallest absolute Gasteiger partial charge is 0.316 e. The zero-order valence-corrected chi connectivity index (χ0v) is 16.6. The summed E-state index contributed by atoms with van der Waals surface area (Å²) in [6, 6.07) is 9.14. The lowest BCUT2D eigenvalue weighted by atomic mass is 10.1. The first-order chi connectivity index (χ1) is 12.3. The van der Waals surface area contributed by atoms with Gasteiger partial charge in [-0.3, -0.25) is 19.7 Å². The van der Waals surface area contributed by atoms with Crippen molar-refractivity contribution in [2.75, 3.05) is 12.4 Å². The molecule has 0 amide bonds. The van der Waals surface area contributed by atoms with Crippen LogP contribution in [0.2, 0.25) is 0 Å². The molecule has 0 bridgehead atoms. The molecule has 2 aromatic rings. The van der Waals surface area contributed by atoms with Crippen LogP contribution in [0.15, 0.2) is 45.8 Å². The monoisotopic (exact) mass is 437 g/mol. The average molecular weight is 438 g/mol. The van der Waals surface area contributed by atoms with Crippen LogP contribution in [0.4, 0.5) is 5.69 Å². The molecule has 2 rings (SSSR count). The van der Waals surface area contributed by atoms with Crippen LogP contribution in [0, 0.1) is 24.0 Å². The number of nitro benzene ring substituents is 1. The van der Waals surface area contributed by atoms with Gasteiger partial charge in [-0.15, -0.1) is 11.8 Å². The zero-order valence-electron chi connectivity index (χ0n) is 14.2. The van der Waals surface area contributed by atoms with Crippen LogP contribution in [-0.2, 0) is 9.53 Å². The fourth-order valence-electron chi connectivity index (χ4n) is 2.09. The fraction of sp³-hybridized carbons (Fsp3) is 0.222. The second kappa shape index (κ2) is 8.95. The second-order valence-corrected chi connectivity index (χ2v) is 7.41. The number of carbonyl (C=O) groups is 2. The Morgan fingerprint density at radius 3 is 2.42 bits per heavy atom. The van der Waals surface area contributed by atoms with Crippen LogP contribution in [0.1, 0.15) is 21.5 Å². The highest BCUT2D eigenvalue weighted by molar-refractivity contribution is 9.10. The number of thioether (sulfide) groups is 1. The lowest BCUT2D eigenvalue weighted by Gasteiger charge is -2.09. The minimum absolute atomic E-state index is 0.0927. The molecule has 0 fully saturated rings. The molecule has 6 nitrogen and oxygen atoms in total. The zero-order chi connectivity index (χ0) is 19.3. The molecule has 0 aromatic heterocycles. The largest absolute Gasteiger partial charge is 0.457 e. The van der Waals surface area contributed by atoms with E-state index >= 15 is 0 Å². The summed E-state index contributed by atoms with van der Waals surface area (Å²) in [5.74, 6) is -0.811. The SMILES string of the molecule is Cc1cc(SCC(=O)OCC(=O)c2ccc([N+](=O)[O-])cc2)c(C)cc1Br. The van der Waals surface area contributed by atoms with Crippen molar-refractivity contribution in [2.24, 2.45) is 0 Å². The highest BCUT2D eigenvalue weighted by Gasteiger charge is 2.13. The first-order valence-corrected chi connectivity index (χ1v) is 9.38. The standard InChI is InChI=1S/C18H16BrNO5S/c1-11-8-17(12(2)7-15(11)19)26-10-18(22)25-9-16(21)13-3-5-14(6-4-13)20(23)24/h3-8H,9-10H2,1-2H3. The molecule has 0 radical (unpaired) electrons. The van der Waals surface area contributed by atoms with Crippen LogP contribution < -0.4 is 0 Å². The van der Waals surface area contributed by atoms with E-state index in [9.17, 15) is 19.7 Å². The minimum Gasteiger partial charge on any atom is -0.457 e. The van der Waals surface area contributed by atoms with E-state index < -0.39 is 23.3 Å². The first-order valence-electron chi connectivity index (χ1n) is 7.60. The molecular formula is C18H16BrNO5S. The van der Waals surface area contributed by atoms with E-state index in [1.165, 1.54) is 36.0 Å². The van der Waals surface area contributed by atoms with Crippen molar-refractivity contribution in [3.05, 3.63) is 67.7 Å². The average Bonchev–Trinajstić information content (AvgIpc) is 2.61. The van der Waals surface area contributed by atoms with E-state index in [0.717, 1.165) is 20.5 Å². The van der Waals surface area contributed by atoms with Crippen LogP contribution in [0.5, 0.6) is 0 Å². The van der Waals surface area contributed by atoms with Gasteiger partial charge in [-0.1, -0.05) is 15.9 Å². The number of esters is 1. The topological polar surface area (TPSA) is 86.5 Å². The maximum absolute atomic E-state index is 12.0. The Kier molecular flexibility index (Phi) is 6.93. The van der Waals surface area contributed by atoms with Gasteiger partial charge in [0, 0.05) is 27.1 Å². The number of halogens is 1. The van der Waals surface area contributed by atoms with Gasteiger partial charge < -0.3 is 4.74 Å². The summed E-state index contributed by atoms with van der Waals surface area (Å²) in [6.45, 7) is 3.53. The van der Waals surface area contributed by atoms with Crippen molar-refractivity contribution in [3.8, 4) is 0 Å².